The van der Waals surface area contributed by atoms with Gasteiger partial charge in [-0.3, -0.25) is 9.59 Å². The van der Waals surface area contributed by atoms with Gasteiger partial charge < -0.3 is 10.2 Å². The van der Waals surface area contributed by atoms with Crippen LogP contribution in [0.15, 0.2) is 24.3 Å². The van der Waals surface area contributed by atoms with E-state index >= 15 is 0 Å². The molecule has 3 rings (SSSR count). The van der Waals surface area contributed by atoms with Gasteiger partial charge in [0.05, 0.1) is 12.0 Å². The van der Waals surface area contributed by atoms with Crippen LogP contribution in [0.3, 0.4) is 0 Å². The van der Waals surface area contributed by atoms with Gasteiger partial charge in [0.2, 0.25) is 11.8 Å². The van der Waals surface area contributed by atoms with E-state index in [0.29, 0.717) is 13.1 Å². The van der Waals surface area contributed by atoms with E-state index in [1.165, 1.54) is 5.56 Å². The highest BCUT2D eigenvalue weighted by Gasteiger charge is 2.48. The number of aryl methyl sites for hydroxylation is 1. The first-order chi connectivity index (χ1) is 9.62. The topological polar surface area (TPSA) is 49.4 Å². The van der Waals surface area contributed by atoms with Crippen LogP contribution in [0.1, 0.15) is 30.4 Å². The van der Waals surface area contributed by atoms with Crippen molar-refractivity contribution < 1.29 is 9.59 Å². The van der Waals surface area contributed by atoms with Gasteiger partial charge in [0.25, 0.3) is 0 Å². The molecule has 1 aliphatic carbocycles. The van der Waals surface area contributed by atoms with Crippen LogP contribution in [0.5, 0.6) is 0 Å². The fourth-order valence-electron chi connectivity index (χ4n) is 3.21. The number of hydrogen-bond donors (Lipinski definition) is 1. The second kappa shape index (κ2) is 4.93. The summed E-state index contributed by atoms with van der Waals surface area (Å²) in [5, 5.41) is 2.77. The summed E-state index contributed by atoms with van der Waals surface area (Å²) in [7, 11) is 0. The van der Waals surface area contributed by atoms with Gasteiger partial charge in [-0.15, -0.1) is 0 Å². The van der Waals surface area contributed by atoms with Gasteiger partial charge in [-0.05, 0) is 25.3 Å². The molecule has 1 saturated heterocycles. The van der Waals surface area contributed by atoms with Crippen LogP contribution in [-0.4, -0.2) is 36.3 Å². The summed E-state index contributed by atoms with van der Waals surface area (Å²) in [5.41, 5.74) is 1.90. The summed E-state index contributed by atoms with van der Waals surface area (Å²) in [6, 6.07) is 8.23. The SMILES string of the molecule is Cc1cccc(C2(C(=O)N3CCNC(=O)C3)CCC2)c1. The molecule has 1 saturated carbocycles. The molecule has 2 aliphatic rings. The lowest BCUT2D eigenvalue weighted by Gasteiger charge is -2.44. The number of piperazine rings is 1. The van der Waals surface area contributed by atoms with Gasteiger partial charge in [0, 0.05) is 13.1 Å². The maximum atomic E-state index is 12.9. The number of benzene rings is 1. The Morgan fingerprint density at radius 3 is 2.75 bits per heavy atom. The minimum Gasteiger partial charge on any atom is -0.353 e. The van der Waals surface area contributed by atoms with Gasteiger partial charge in [-0.25, -0.2) is 0 Å². The molecule has 2 fully saturated rings. The van der Waals surface area contributed by atoms with Crippen LogP contribution < -0.4 is 5.32 Å². The molecule has 0 aromatic heterocycles. The van der Waals surface area contributed by atoms with E-state index in [1.54, 1.807) is 4.90 Å². The van der Waals surface area contributed by atoms with E-state index in [1.807, 2.05) is 12.1 Å². The Kier molecular flexibility index (Phi) is 3.24. The molecule has 1 aliphatic heterocycles. The Morgan fingerprint density at radius 2 is 2.15 bits per heavy atom. The Bertz CT molecular complexity index is 549. The molecule has 4 nitrogen and oxygen atoms in total. The zero-order valence-electron chi connectivity index (χ0n) is 11.8. The monoisotopic (exact) mass is 272 g/mol. The third-order valence-electron chi connectivity index (χ3n) is 4.51. The summed E-state index contributed by atoms with van der Waals surface area (Å²) in [5.74, 6) is 0.0764. The maximum Gasteiger partial charge on any atom is 0.239 e. The van der Waals surface area contributed by atoms with Gasteiger partial charge in [0.1, 0.15) is 0 Å². The second-order valence-electron chi connectivity index (χ2n) is 5.88. The summed E-state index contributed by atoms with van der Waals surface area (Å²) < 4.78 is 0. The van der Waals surface area contributed by atoms with E-state index in [9.17, 15) is 9.59 Å². The molecule has 20 heavy (non-hydrogen) atoms. The summed E-state index contributed by atoms with van der Waals surface area (Å²) in [4.78, 5) is 26.1. The first-order valence-electron chi connectivity index (χ1n) is 7.25. The smallest absolute Gasteiger partial charge is 0.239 e. The first kappa shape index (κ1) is 13.2. The molecule has 1 heterocycles. The fourth-order valence-corrected chi connectivity index (χ4v) is 3.21. The number of carbonyl (C=O) groups is 2. The molecule has 1 N–H and O–H groups in total. The molecule has 2 amide bonds. The Labute approximate surface area is 119 Å². The Hall–Kier alpha value is -1.84. The van der Waals surface area contributed by atoms with Crippen LogP contribution in [-0.2, 0) is 15.0 Å². The van der Waals surface area contributed by atoms with Crippen LogP contribution in [0, 0.1) is 6.92 Å². The molecule has 0 radical (unpaired) electrons. The molecule has 4 heteroatoms. The molecule has 0 unspecified atom stereocenters. The van der Waals surface area contributed by atoms with Crippen molar-refractivity contribution in [3.05, 3.63) is 35.4 Å². The highest BCUT2D eigenvalue weighted by molar-refractivity contribution is 5.93. The predicted molar refractivity (Wildman–Crippen MR) is 76.3 cm³/mol. The summed E-state index contributed by atoms with van der Waals surface area (Å²) in [6.45, 7) is 3.44. The van der Waals surface area contributed by atoms with Crippen LogP contribution >= 0.6 is 0 Å². The minimum atomic E-state index is -0.385. The van der Waals surface area contributed by atoms with Crippen molar-refractivity contribution >= 4 is 11.8 Å². The van der Waals surface area contributed by atoms with Crippen molar-refractivity contribution in [3.63, 3.8) is 0 Å². The standard InChI is InChI=1S/C16H20N2O2/c1-12-4-2-5-13(10-12)16(6-3-7-16)15(20)18-9-8-17-14(19)11-18/h2,4-5,10H,3,6-9,11H2,1H3,(H,17,19). The largest absolute Gasteiger partial charge is 0.353 e. The van der Waals surface area contributed by atoms with Crippen molar-refractivity contribution in [1.29, 1.82) is 0 Å². The lowest BCUT2D eigenvalue weighted by atomic mass is 9.63. The summed E-state index contributed by atoms with van der Waals surface area (Å²) in [6.07, 6.45) is 2.88. The Morgan fingerprint density at radius 1 is 1.35 bits per heavy atom. The normalized spacial score (nSPS) is 21.1. The van der Waals surface area contributed by atoms with Crippen molar-refractivity contribution in [3.8, 4) is 0 Å². The lowest BCUT2D eigenvalue weighted by molar-refractivity contribution is -0.145. The molecule has 1 aromatic rings. The average molecular weight is 272 g/mol. The highest BCUT2D eigenvalue weighted by Crippen LogP contribution is 2.45. The van der Waals surface area contributed by atoms with Crippen molar-refractivity contribution in [2.45, 2.75) is 31.6 Å². The fraction of sp³-hybridized carbons (Fsp3) is 0.500. The molecule has 106 valence electrons. The van der Waals surface area contributed by atoms with E-state index in [2.05, 4.69) is 24.4 Å². The van der Waals surface area contributed by atoms with Crippen LogP contribution in [0.4, 0.5) is 0 Å². The van der Waals surface area contributed by atoms with Crippen LogP contribution in [0.2, 0.25) is 0 Å². The molecule has 0 atom stereocenters. The molecule has 1 aromatic carbocycles. The zero-order chi connectivity index (χ0) is 14.2. The molecular formula is C16H20N2O2. The quantitative estimate of drug-likeness (QED) is 0.884. The maximum absolute atomic E-state index is 12.9. The number of carbonyl (C=O) groups excluding carboxylic acids is 2. The van der Waals surface area contributed by atoms with E-state index < -0.39 is 0 Å². The van der Waals surface area contributed by atoms with Gasteiger partial charge in [0.15, 0.2) is 0 Å². The Balaban J connectivity index is 1.88. The zero-order valence-corrected chi connectivity index (χ0v) is 11.8. The van der Waals surface area contributed by atoms with Gasteiger partial charge >= 0.3 is 0 Å². The van der Waals surface area contributed by atoms with Gasteiger partial charge in [-0.1, -0.05) is 36.2 Å². The number of rotatable bonds is 2. The van der Waals surface area contributed by atoms with Crippen LogP contribution in [0.25, 0.3) is 0 Å². The first-order valence-corrected chi connectivity index (χ1v) is 7.25. The molecule has 0 spiro atoms. The highest BCUT2D eigenvalue weighted by atomic mass is 16.2. The average Bonchev–Trinajstić information content (AvgIpc) is 2.37. The summed E-state index contributed by atoms with van der Waals surface area (Å²) >= 11 is 0. The lowest BCUT2D eigenvalue weighted by Crippen LogP contribution is -2.57. The van der Waals surface area contributed by atoms with Crippen molar-refractivity contribution in [1.82, 2.24) is 10.2 Å². The number of nitrogens with one attached hydrogen (secondary N) is 1. The van der Waals surface area contributed by atoms with E-state index in [4.69, 9.17) is 0 Å². The molecular weight excluding hydrogens is 252 g/mol. The third-order valence-corrected chi connectivity index (χ3v) is 4.51. The number of hydrogen-bond acceptors (Lipinski definition) is 2. The number of amides is 2. The van der Waals surface area contributed by atoms with E-state index in [-0.39, 0.29) is 23.8 Å². The van der Waals surface area contributed by atoms with E-state index in [0.717, 1.165) is 24.8 Å². The predicted octanol–water partition coefficient (Wildman–Crippen LogP) is 1.38. The van der Waals surface area contributed by atoms with Crippen molar-refractivity contribution in [2.75, 3.05) is 19.6 Å². The second-order valence-corrected chi connectivity index (χ2v) is 5.88. The third kappa shape index (κ3) is 2.09. The number of nitrogens with zero attached hydrogens (tertiary/aromatic N) is 1. The van der Waals surface area contributed by atoms with Gasteiger partial charge in [-0.2, -0.15) is 0 Å². The minimum absolute atomic E-state index is 0.0525. The molecule has 0 bridgehead atoms. The van der Waals surface area contributed by atoms with Crippen molar-refractivity contribution in [2.24, 2.45) is 0 Å².